The first-order valence-corrected chi connectivity index (χ1v) is 1.55. The maximum absolute atomic E-state index is 4.83. The Bertz CT molecular complexity index is 44.1. The summed E-state index contributed by atoms with van der Waals surface area (Å²) < 4.78 is 0. The van der Waals surface area contributed by atoms with E-state index in [1.165, 1.54) is 6.96 Å². The molecule has 0 aliphatic heterocycles. The Labute approximate surface area is 40.5 Å². The molecule has 2 nitrogen and oxygen atoms in total. The topological polar surface area (TPSA) is 24.4 Å². The van der Waals surface area contributed by atoms with Crippen molar-refractivity contribution in [1.29, 1.82) is 0 Å². The zero-order chi connectivity index (χ0) is 4.83. The van der Waals surface area contributed by atoms with Gasteiger partial charge in [-0.05, 0) is 0 Å². The van der Waals surface area contributed by atoms with Gasteiger partial charge in [0, 0.05) is 0 Å². The molecule has 0 amide bonds. The predicted octanol–water partition coefficient (Wildman–Crippen LogP) is -1.41. The molecular weight excluding hydrogens is 72.5 g/mol. The molecule has 0 saturated heterocycles. The Morgan fingerprint density at radius 2 is 2.50 bits per heavy atom. The normalized spacial score (nSPS) is 8.67. The standard InChI is InChI=1S/CH3B3N2/c2-4-6-1-5-3/h5H,1H2. The number of hydrogen-bond donors (Lipinski definition) is 1. The van der Waals surface area contributed by atoms with Gasteiger partial charge in [0.2, 0.25) is 0 Å². The molecule has 0 atom stereocenters. The molecular formula is CH3B3N2. The average molecular weight is 75.5 g/mol. The van der Waals surface area contributed by atoms with E-state index in [1.807, 2.05) is 0 Å². The van der Waals surface area contributed by atoms with Crippen molar-refractivity contribution in [2.24, 2.45) is 4.90 Å². The van der Waals surface area contributed by atoms with E-state index >= 15 is 0 Å². The second-order valence-electron chi connectivity index (χ2n) is 0.694. The maximum atomic E-state index is 4.83. The van der Waals surface area contributed by atoms with Gasteiger partial charge in [-0.1, -0.05) is 0 Å². The zero-order valence-corrected chi connectivity index (χ0v) is 3.39. The van der Waals surface area contributed by atoms with Crippen molar-refractivity contribution in [3.8, 4) is 0 Å². The van der Waals surface area contributed by atoms with E-state index in [4.69, 9.17) is 15.7 Å². The number of nitrogens with zero attached hydrogens (tertiary/aromatic N) is 1. The number of nitrogens with one attached hydrogen (secondary N) is 1. The molecule has 0 saturated carbocycles. The molecule has 4 radical (unpaired) electrons. The summed E-state index contributed by atoms with van der Waals surface area (Å²) in [6.07, 6.45) is 0. The van der Waals surface area contributed by atoms with Crippen molar-refractivity contribution in [2.75, 3.05) is 6.67 Å². The van der Waals surface area contributed by atoms with Gasteiger partial charge in [0.1, 0.15) is 0 Å². The molecule has 0 aromatic rings. The summed E-state index contributed by atoms with van der Waals surface area (Å²) in [7, 11) is 9.62. The van der Waals surface area contributed by atoms with Crippen LogP contribution in [0.1, 0.15) is 0 Å². The Balaban J connectivity index is 2.66. The van der Waals surface area contributed by atoms with Crippen molar-refractivity contribution in [1.82, 2.24) is 5.23 Å². The third kappa shape index (κ3) is 3.95. The molecule has 6 heavy (non-hydrogen) atoms. The van der Waals surface area contributed by atoms with Crippen LogP contribution < -0.4 is 5.23 Å². The monoisotopic (exact) mass is 76.1 g/mol. The van der Waals surface area contributed by atoms with Crippen LogP contribution in [0.15, 0.2) is 4.90 Å². The van der Waals surface area contributed by atoms with Gasteiger partial charge in [-0.3, -0.25) is 0 Å². The van der Waals surface area contributed by atoms with Crippen molar-refractivity contribution >= 4 is 22.7 Å². The SMILES string of the molecule is [B]B=NCN[B]. The third-order valence-electron chi connectivity index (χ3n) is 0.288. The fourth-order valence-corrected chi connectivity index (χ4v) is 0.105. The summed E-state index contributed by atoms with van der Waals surface area (Å²) in [6, 6.07) is 0. The van der Waals surface area contributed by atoms with Crippen molar-refractivity contribution in [2.45, 2.75) is 0 Å². The Morgan fingerprint density at radius 1 is 1.83 bits per heavy atom. The van der Waals surface area contributed by atoms with Gasteiger partial charge in [0.25, 0.3) is 0 Å². The second-order valence-corrected chi connectivity index (χ2v) is 0.694. The van der Waals surface area contributed by atoms with Crippen LogP contribution in [0.2, 0.25) is 0 Å². The number of rotatable bonds is 2. The summed E-state index contributed by atoms with van der Waals surface area (Å²) in [6.45, 7) is 1.58. The summed E-state index contributed by atoms with van der Waals surface area (Å²) in [4.78, 5) is 3.51. The predicted molar refractivity (Wildman–Crippen MR) is 27.7 cm³/mol. The van der Waals surface area contributed by atoms with E-state index < -0.39 is 0 Å². The van der Waals surface area contributed by atoms with Gasteiger partial charge < -0.3 is 0 Å². The molecule has 26 valence electrons. The van der Waals surface area contributed by atoms with E-state index in [1.54, 1.807) is 0 Å². The van der Waals surface area contributed by atoms with Crippen molar-refractivity contribution < 1.29 is 0 Å². The first-order chi connectivity index (χ1) is 2.91. The molecule has 0 heterocycles. The zero-order valence-electron chi connectivity index (χ0n) is 3.39. The van der Waals surface area contributed by atoms with E-state index in [9.17, 15) is 0 Å². The summed E-state index contributed by atoms with van der Waals surface area (Å²) in [5.74, 6) is 0. The molecule has 0 fully saturated rings. The first kappa shape index (κ1) is 5.95. The molecule has 5 heteroatoms. The van der Waals surface area contributed by atoms with Gasteiger partial charge in [0.05, 0.1) is 0 Å². The van der Waals surface area contributed by atoms with Gasteiger partial charge in [-0.15, -0.1) is 0 Å². The summed E-state index contributed by atoms with van der Waals surface area (Å²) in [5, 5.41) is 2.29. The quantitative estimate of drug-likeness (QED) is 0.401. The fourth-order valence-electron chi connectivity index (χ4n) is 0.105. The van der Waals surface area contributed by atoms with Crippen LogP contribution >= 0.6 is 0 Å². The van der Waals surface area contributed by atoms with Crippen molar-refractivity contribution in [3.63, 3.8) is 0 Å². The Kier molecular flexibility index (Phi) is 4.92. The first-order valence-electron chi connectivity index (χ1n) is 1.55. The van der Waals surface area contributed by atoms with E-state index in [2.05, 4.69) is 10.1 Å². The second kappa shape index (κ2) is 4.95. The molecule has 0 aromatic carbocycles. The molecule has 0 aliphatic carbocycles. The summed E-state index contributed by atoms with van der Waals surface area (Å²) >= 11 is 0. The molecule has 0 aromatic heterocycles. The van der Waals surface area contributed by atoms with Crippen molar-refractivity contribution in [3.05, 3.63) is 0 Å². The third-order valence-corrected chi connectivity index (χ3v) is 0.288. The van der Waals surface area contributed by atoms with Crippen LogP contribution in [0.25, 0.3) is 0 Å². The fraction of sp³-hybridized carbons (Fsp3) is 1.00. The van der Waals surface area contributed by atoms with Gasteiger partial charge >= 0.3 is 39.5 Å². The molecule has 0 aliphatic rings. The summed E-state index contributed by atoms with van der Waals surface area (Å²) in [5.41, 5.74) is 0. The van der Waals surface area contributed by atoms with E-state index in [0.29, 0.717) is 6.67 Å². The van der Waals surface area contributed by atoms with Gasteiger partial charge in [-0.25, -0.2) is 0 Å². The van der Waals surface area contributed by atoms with E-state index in [-0.39, 0.29) is 0 Å². The molecule has 0 bridgehead atoms. The van der Waals surface area contributed by atoms with Crippen LogP contribution in [0, 0.1) is 0 Å². The molecule has 0 spiro atoms. The number of hydrogen-bond acceptors (Lipinski definition) is 2. The molecule has 0 rings (SSSR count). The van der Waals surface area contributed by atoms with Crippen LogP contribution in [0.4, 0.5) is 0 Å². The minimum absolute atomic E-state index is 0.385. The minimum atomic E-state index is 0.385. The Morgan fingerprint density at radius 3 is 2.67 bits per heavy atom. The van der Waals surface area contributed by atoms with Crippen LogP contribution in [0.3, 0.4) is 0 Å². The van der Waals surface area contributed by atoms with Gasteiger partial charge in [-0.2, -0.15) is 0 Å². The van der Waals surface area contributed by atoms with Crippen LogP contribution in [-0.4, -0.2) is 29.3 Å². The van der Waals surface area contributed by atoms with Crippen LogP contribution in [-0.2, 0) is 0 Å². The van der Waals surface area contributed by atoms with Gasteiger partial charge in [0.15, 0.2) is 0 Å². The molecule has 1 N–H and O–H groups in total. The van der Waals surface area contributed by atoms with Crippen LogP contribution in [0.5, 0.6) is 0 Å². The molecule has 0 unspecified atom stereocenters. The average Bonchev–Trinajstić information content (AvgIpc) is 1.61. The van der Waals surface area contributed by atoms with E-state index in [0.717, 1.165) is 0 Å². The Hall–Kier alpha value is -0.0452.